The van der Waals surface area contributed by atoms with E-state index in [9.17, 15) is 4.79 Å². The molecule has 100 valence electrons. The van der Waals surface area contributed by atoms with E-state index in [1.54, 1.807) is 10.6 Å². The van der Waals surface area contributed by atoms with Crippen molar-refractivity contribution in [2.75, 3.05) is 5.32 Å². The van der Waals surface area contributed by atoms with E-state index < -0.39 is 0 Å². The highest BCUT2D eigenvalue weighted by atomic mass is 16.1. The minimum Gasteiger partial charge on any atom is -0.381 e. The molecule has 0 spiro atoms. The molecule has 18 heavy (non-hydrogen) atoms. The lowest BCUT2D eigenvalue weighted by Gasteiger charge is -2.18. The second-order valence-corrected chi connectivity index (χ2v) is 5.28. The average Bonchev–Trinajstić information content (AvgIpc) is 2.62. The van der Waals surface area contributed by atoms with Crippen LogP contribution in [0.4, 0.5) is 5.69 Å². The Bertz CT molecular complexity index is 417. The summed E-state index contributed by atoms with van der Waals surface area (Å²) in [6.07, 6.45) is 10.9. The zero-order valence-corrected chi connectivity index (χ0v) is 11.3. The average molecular weight is 248 g/mol. The number of nitrogens with zero attached hydrogens (tertiary/aromatic N) is 1. The van der Waals surface area contributed by atoms with Gasteiger partial charge in [0.15, 0.2) is 0 Å². The number of aryl methyl sites for hydroxylation is 1. The monoisotopic (exact) mass is 248 g/mol. The van der Waals surface area contributed by atoms with Gasteiger partial charge in [0, 0.05) is 24.8 Å². The number of hydrogen-bond donors (Lipinski definition) is 1. The Balaban J connectivity index is 2.03. The van der Waals surface area contributed by atoms with E-state index in [4.69, 9.17) is 0 Å². The fraction of sp³-hybridized carbons (Fsp3) is 0.667. The normalized spacial score (nSPS) is 17.4. The van der Waals surface area contributed by atoms with Crippen LogP contribution in [0.3, 0.4) is 0 Å². The van der Waals surface area contributed by atoms with Crippen molar-refractivity contribution in [1.29, 1.82) is 0 Å². The first-order valence-corrected chi connectivity index (χ1v) is 7.26. The molecule has 0 saturated heterocycles. The van der Waals surface area contributed by atoms with Gasteiger partial charge in [-0.05, 0) is 25.3 Å². The summed E-state index contributed by atoms with van der Waals surface area (Å²) in [6.45, 7) is 2.90. The second kappa shape index (κ2) is 6.62. The molecule has 0 unspecified atom stereocenters. The van der Waals surface area contributed by atoms with Crippen molar-refractivity contribution in [3.63, 3.8) is 0 Å². The van der Waals surface area contributed by atoms with Gasteiger partial charge in [0.2, 0.25) is 0 Å². The summed E-state index contributed by atoms with van der Waals surface area (Å²) in [5, 5.41) is 3.59. The van der Waals surface area contributed by atoms with Gasteiger partial charge in [-0.15, -0.1) is 0 Å². The molecule has 0 aromatic carbocycles. The molecule has 0 aliphatic heterocycles. The van der Waals surface area contributed by atoms with E-state index in [1.807, 2.05) is 12.3 Å². The molecule has 2 rings (SSSR count). The van der Waals surface area contributed by atoms with Crippen LogP contribution in [-0.4, -0.2) is 10.6 Å². The Morgan fingerprint density at radius 2 is 1.94 bits per heavy atom. The van der Waals surface area contributed by atoms with Crippen molar-refractivity contribution in [1.82, 2.24) is 4.57 Å². The molecule has 1 fully saturated rings. The standard InChI is InChI=1S/C15H24N2O/c1-2-11-17-12-14(9-10-15(17)18)16-13-7-5-3-4-6-8-13/h9-10,12-13,16H,2-8,11H2,1H3. The molecule has 1 N–H and O–H groups in total. The Morgan fingerprint density at radius 3 is 2.61 bits per heavy atom. The quantitative estimate of drug-likeness (QED) is 0.829. The molecule has 1 aromatic heterocycles. The lowest BCUT2D eigenvalue weighted by molar-refractivity contribution is 0.614. The molecule has 1 aromatic rings. The Morgan fingerprint density at radius 1 is 1.22 bits per heavy atom. The van der Waals surface area contributed by atoms with Crippen molar-refractivity contribution in [3.8, 4) is 0 Å². The highest BCUT2D eigenvalue weighted by Crippen LogP contribution is 2.20. The number of pyridine rings is 1. The van der Waals surface area contributed by atoms with Crippen LogP contribution in [0.1, 0.15) is 51.9 Å². The molecular weight excluding hydrogens is 224 g/mol. The zero-order chi connectivity index (χ0) is 12.8. The summed E-state index contributed by atoms with van der Waals surface area (Å²) in [7, 11) is 0. The van der Waals surface area contributed by atoms with Gasteiger partial charge < -0.3 is 9.88 Å². The maximum Gasteiger partial charge on any atom is 0.250 e. The van der Waals surface area contributed by atoms with E-state index in [2.05, 4.69) is 12.2 Å². The lowest BCUT2D eigenvalue weighted by atomic mass is 10.1. The SMILES string of the molecule is CCCn1cc(NC2CCCCCC2)ccc1=O. The number of anilines is 1. The molecule has 0 amide bonds. The third-order valence-electron chi connectivity index (χ3n) is 3.67. The molecule has 3 nitrogen and oxygen atoms in total. The van der Waals surface area contributed by atoms with Crippen molar-refractivity contribution in [2.24, 2.45) is 0 Å². The summed E-state index contributed by atoms with van der Waals surface area (Å²) < 4.78 is 1.80. The van der Waals surface area contributed by atoms with Crippen LogP contribution >= 0.6 is 0 Å². The zero-order valence-electron chi connectivity index (χ0n) is 11.3. The number of aromatic nitrogens is 1. The van der Waals surface area contributed by atoms with E-state index in [0.717, 1.165) is 18.7 Å². The van der Waals surface area contributed by atoms with Crippen LogP contribution in [0.5, 0.6) is 0 Å². The largest absolute Gasteiger partial charge is 0.381 e. The molecule has 3 heteroatoms. The lowest BCUT2D eigenvalue weighted by Crippen LogP contribution is -2.22. The van der Waals surface area contributed by atoms with Crippen LogP contribution < -0.4 is 10.9 Å². The molecule has 0 atom stereocenters. The predicted molar refractivity (Wildman–Crippen MR) is 76.1 cm³/mol. The minimum atomic E-state index is 0.100. The molecule has 1 saturated carbocycles. The van der Waals surface area contributed by atoms with Gasteiger partial charge in [0.25, 0.3) is 5.56 Å². The van der Waals surface area contributed by atoms with Gasteiger partial charge in [-0.2, -0.15) is 0 Å². The van der Waals surface area contributed by atoms with Crippen molar-refractivity contribution in [2.45, 2.75) is 64.5 Å². The van der Waals surface area contributed by atoms with Crippen molar-refractivity contribution < 1.29 is 0 Å². The first-order chi connectivity index (χ1) is 8.79. The topological polar surface area (TPSA) is 34.0 Å². The molecular formula is C15H24N2O. The summed E-state index contributed by atoms with van der Waals surface area (Å²) in [4.78, 5) is 11.6. The van der Waals surface area contributed by atoms with Gasteiger partial charge in [0.1, 0.15) is 0 Å². The van der Waals surface area contributed by atoms with Crippen LogP contribution in [0.25, 0.3) is 0 Å². The van der Waals surface area contributed by atoms with Gasteiger partial charge in [0.05, 0.1) is 5.69 Å². The van der Waals surface area contributed by atoms with Gasteiger partial charge in [-0.3, -0.25) is 4.79 Å². The number of hydrogen-bond acceptors (Lipinski definition) is 2. The molecule has 1 aliphatic carbocycles. The highest BCUT2D eigenvalue weighted by molar-refractivity contribution is 5.41. The fourth-order valence-electron chi connectivity index (χ4n) is 2.69. The first-order valence-electron chi connectivity index (χ1n) is 7.26. The minimum absolute atomic E-state index is 0.100. The predicted octanol–water partition coefficient (Wildman–Crippen LogP) is 3.39. The Hall–Kier alpha value is -1.25. The maximum atomic E-state index is 11.6. The van der Waals surface area contributed by atoms with Crippen LogP contribution in [0.15, 0.2) is 23.1 Å². The van der Waals surface area contributed by atoms with Gasteiger partial charge in [-0.1, -0.05) is 32.6 Å². The molecule has 0 bridgehead atoms. The van der Waals surface area contributed by atoms with Crippen LogP contribution in [-0.2, 0) is 6.54 Å². The number of rotatable bonds is 4. The highest BCUT2D eigenvalue weighted by Gasteiger charge is 2.12. The summed E-state index contributed by atoms with van der Waals surface area (Å²) in [5.74, 6) is 0. The second-order valence-electron chi connectivity index (χ2n) is 5.28. The third kappa shape index (κ3) is 3.62. The smallest absolute Gasteiger partial charge is 0.250 e. The van der Waals surface area contributed by atoms with Crippen molar-refractivity contribution >= 4 is 5.69 Å². The van der Waals surface area contributed by atoms with Crippen LogP contribution in [0, 0.1) is 0 Å². The Kier molecular flexibility index (Phi) is 4.85. The van der Waals surface area contributed by atoms with E-state index in [0.29, 0.717) is 6.04 Å². The fourth-order valence-corrected chi connectivity index (χ4v) is 2.69. The van der Waals surface area contributed by atoms with E-state index >= 15 is 0 Å². The van der Waals surface area contributed by atoms with E-state index in [1.165, 1.54) is 38.5 Å². The summed E-state index contributed by atoms with van der Waals surface area (Å²) in [5.41, 5.74) is 1.19. The van der Waals surface area contributed by atoms with Gasteiger partial charge in [-0.25, -0.2) is 0 Å². The van der Waals surface area contributed by atoms with Gasteiger partial charge >= 0.3 is 0 Å². The molecule has 1 heterocycles. The Labute approximate surface area is 109 Å². The summed E-state index contributed by atoms with van der Waals surface area (Å²) in [6, 6.07) is 4.17. The van der Waals surface area contributed by atoms with Crippen LogP contribution in [0.2, 0.25) is 0 Å². The number of nitrogens with one attached hydrogen (secondary N) is 1. The van der Waals surface area contributed by atoms with Crippen molar-refractivity contribution in [3.05, 3.63) is 28.7 Å². The maximum absolute atomic E-state index is 11.6. The van der Waals surface area contributed by atoms with E-state index in [-0.39, 0.29) is 5.56 Å². The molecule has 1 aliphatic rings. The third-order valence-corrected chi connectivity index (χ3v) is 3.67. The first kappa shape index (κ1) is 13.2. The molecule has 0 radical (unpaired) electrons. The summed E-state index contributed by atoms with van der Waals surface area (Å²) >= 11 is 0.